The Balaban J connectivity index is 1.33. The molecule has 5 rings (SSSR count). The summed E-state index contributed by atoms with van der Waals surface area (Å²) >= 11 is 1.15. The van der Waals surface area contributed by atoms with Crippen LogP contribution in [0, 0.1) is 5.92 Å². The van der Waals surface area contributed by atoms with E-state index in [2.05, 4.69) is 49.7 Å². The van der Waals surface area contributed by atoms with Crippen LogP contribution < -0.4 is 10.4 Å². The molecule has 0 spiro atoms. The van der Waals surface area contributed by atoms with E-state index in [1.165, 1.54) is 4.90 Å². The van der Waals surface area contributed by atoms with Crippen LogP contribution >= 0.6 is 11.8 Å². The van der Waals surface area contributed by atoms with Crippen molar-refractivity contribution in [2.45, 2.75) is 48.1 Å². The van der Waals surface area contributed by atoms with Gasteiger partial charge in [0.25, 0.3) is 8.32 Å². The predicted octanol–water partition coefficient (Wildman–Crippen LogP) is 3.37. The highest BCUT2D eigenvalue weighted by Gasteiger charge is 2.67. The Morgan fingerprint density at radius 2 is 1.52 bits per heavy atom. The molecule has 2 aliphatic rings. The smallest absolute Gasteiger partial charge is 0.378 e. The van der Waals surface area contributed by atoms with E-state index in [1.807, 2.05) is 66.7 Å². The number of Topliss-reactive ketones (excluding diaryl/α,β-unsaturated/α-hetero) is 1. The molecule has 0 aliphatic carbocycles. The standard InChI is InChI=1S/C33H36BNO6S2Si/c1-32(2,3)44(26-15-9-5-10-16-26,27-17-11-6-12-18-27)40-19-20-42-33(31(38)41-34)23-35-29(37)28(30(35)43(33)39)22-25(36)21-24-13-7-4-8-14-24/h4-18,28,30H,19-23H2,1-3H3/t28-,30-,33?,43?/m1/s1. The lowest BCUT2D eigenvalue weighted by Gasteiger charge is -2.43. The molecule has 0 N–H and O–H groups in total. The van der Waals surface area contributed by atoms with Gasteiger partial charge in [-0.2, -0.15) is 0 Å². The van der Waals surface area contributed by atoms with Crippen molar-refractivity contribution in [2.75, 3.05) is 18.9 Å². The van der Waals surface area contributed by atoms with Crippen molar-refractivity contribution in [3.05, 3.63) is 96.6 Å². The maximum Gasteiger partial charge on any atom is 0.378 e. The summed E-state index contributed by atoms with van der Waals surface area (Å²) in [5, 5.41) is 1.27. The molecule has 2 aliphatic heterocycles. The van der Waals surface area contributed by atoms with Crippen LogP contribution in [0.4, 0.5) is 0 Å². The Morgan fingerprint density at radius 1 is 0.977 bits per heavy atom. The number of carbonyl (C=O) groups excluding carboxylic acids is 3. The van der Waals surface area contributed by atoms with Gasteiger partial charge in [0, 0.05) is 25.2 Å². The molecule has 0 saturated carbocycles. The van der Waals surface area contributed by atoms with E-state index in [0.717, 1.165) is 27.7 Å². The number of hydrogen-bond acceptors (Lipinski definition) is 7. The Morgan fingerprint density at radius 3 is 2.05 bits per heavy atom. The molecular weight excluding hydrogens is 609 g/mol. The molecule has 4 atom stereocenters. The molecule has 228 valence electrons. The Kier molecular flexibility index (Phi) is 9.70. The number of benzene rings is 3. The maximum atomic E-state index is 14.0. The van der Waals surface area contributed by atoms with Crippen LogP contribution in [-0.2, 0) is 40.7 Å². The number of hydrogen-bond donors (Lipinski definition) is 0. The topological polar surface area (TPSA) is 90.0 Å². The molecule has 2 radical (unpaired) electrons. The highest BCUT2D eigenvalue weighted by atomic mass is 32.2. The second kappa shape index (κ2) is 13.2. The molecule has 2 saturated heterocycles. The van der Waals surface area contributed by atoms with Crippen molar-refractivity contribution in [1.29, 1.82) is 0 Å². The summed E-state index contributed by atoms with van der Waals surface area (Å²) in [5.74, 6) is -1.66. The fraction of sp³-hybridized carbons (Fsp3) is 0.364. The second-order valence-corrected chi connectivity index (χ2v) is 19.9. The van der Waals surface area contributed by atoms with Gasteiger partial charge in [0.1, 0.15) is 11.2 Å². The highest BCUT2D eigenvalue weighted by Crippen LogP contribution is 2.49. The number of ketones is 1. The predicted molar refractivity (Wildman–Crippen MR) is 178 cm³/mol. The summed E-state index contributed by atoms with van der Waals surface area (Å²) in [6.45, 7) is 6.73. The Hall–Kier alpha value is -2.99. The Bertz CT molecular complexity index is 1480. The van der Waals surface area contributed by atoms with Crippen molar-refractivity contribution in [2.24, 2.45) is 5.92 Å². The van der Waals surface area contributed by atoms with Crippen molar-refractivity contribution in [3.63, 3.8) is 0 Å². The number of fused-ring (bicyclic) bond motifs is 1. The van der Waals surface area contributed by atoms with Crippen molar-refractivity contribution in [3.8, 4) is 0 Å². The van der Waals surface area contributed by atoms with Gasteiger partial charge in [-0.15, -0.1) is 11.8 Å². The molecule has 3 aromatic rings. The van der Waals surface area contributed by atoms with E-state index < -0.39 is 40.5 Å². The van der Waals surface area contributed by atoms with Crippen molar-refractivity contribution >= 4 is 67.0 Å². The first kappa shape index (κ1) is 32.4. The lowest BCUT2D eigenvalue weighted by molar-refractivity contribution is -0.152. The van der Waals surface area contributed by atoms with E-state index in [9.17, 15) is 18.6 Å². The molecule has 0 aromatic heterocycles. The van der Waals surface area contributed by atoms with Gasteiger partial charge in [-0.3, -0.25) is 18.6 Å². The number of rotatable bonds is 12. The van der Waals surface area contributed by atoms with Gasteiger partial charge in [0.15, 0.2) is 0 Å². The SMILES string of the molecule is [B]OC(=O)C1(SCCO[Si](c2ccccc2)(c2ccccc2)C(C)(C)C)CN2C(=O)[C@@H](CC(=O)Cc3ccccc3)[C@H]2S1=O. The molecule has 2 heterocycles. The van der Waals surface area contributed by atoms with E-state index in [0.29, 0.717) is 5.75 Å². The van der Waals surface area contributed by atoms with Crippen LogP contribution in [0.25, 0.3) is 0 Å². The first-order chi connectivity index (χ1) is 21.0. The number of amides is 1. The molecule has 44 heavy (non-hydrogen) atoms. The summed E-state index contributed by atoms with van der Waals surface area (Å²) in [6.07, 6.45) is 0.157. The molecule has 1 amide bonds. The largest absolute Gasteiger partial charge is 0.542 e. The Labute approximate surface area is 268 Å². The first-order valence-corrected chi connectivity index (χ1v) is 18.7. The monoisotopic (exact) mass is 645 g/mol. The molecular formula is C33H36BNO6S2Si. The number of carbonyl (C=O) groups is 3. The average molecular weight is 646 g/mol. The van der Waals surface area contributed by atoms with Gasteiger partial charge >= 0.3 is 14.0 Å². The minimum atomic E-state index is -2.82. The zero-order valence-electron chi connectivity index (χ0n) is 25.1. The van der Waals surface area contributed by atoms with Gasteiger partial charge in [-0.05, 0) is 21.0 Å². The quantitative estimate of drug-likeness (QED) is 0.170. The molecule has 2 unspecified atom stereocenters. The molecule has 11 heteroatoms. The van der Waals surface area contributed by atoms with Gasteiger partial charge < -0.3 is 14.0 Å². The fourth-order valence-corrected chi connectivity index (χ4v) is 14.8. The maximum absolute atomic E-state index is 14.0. The number of β-lactam (4-membered cyclic amide) rings is 1. The summed E-state index contributed by atoms with van der Waals surface area (Å²) in [4.78, 5) is 40.5. The summed E-state index contributed by atoms with van der Waals surface area (Å²) in [5.41, 5.74) is 0.853. The fourth-order valence-electron chi connectivity index (χ4n) is 6.40. The van der Waals surface area contributed by atoms with Crippen LogP contribution in [0.15, 0.2) is 91.0 Å². The minimum absolute atomic E-state index is 0.0317. The van der Waals surface area contributed by atoms with Crippen molar-refractivity contribution < 1.29 is 27.7 Å². The zero-order chi connectivity index (χ0) is 31.5. The summed E-state index contributed by atoms with van der Waals surface area (Å²) in [7, 11) is 0.680. The first-order valence-electron chi connectivity index (χ1n) is 14.6. The third-order valence-corrected chi connectivity index (χ3v) is 17.4. The molecule has 2 fully saturated rings. The van der Waals surface area contributed by atoms with Crippen LogP contribution in [0.5, 0.6) is 0 Å². The van der Waals surface area contributed by atoms with Gasteiger partial charge in [-0.1, -0.05) is 112 Å². The molecule has 3 aromatic carbocycles. The van der Waals surface area contributed by atoms with Crippen LogP contribution in [-0.4, -0.2) is 71.5 Å². The van der Waals surface area contributed by atoms with Crippen LogP contribution in [0.3, 0.4) is 0 Å². The van der Waals surface area contributed by atoms with Gasteiger partial charge in [-0.25, -0.2) is 0 Å². The second-order valence-electron chi connectivity index (χ2n) is 12.2. The van der Waals surface area contributed by atoms with Crippen molar-refractivity contribution in [1.82, 2.24) is 4.90 Å². The lowest BCUT2D eigenvalue weighted by Crippen LogP contribution is -2.66. The average Bonchev–Trinajstić information content (AvgIpc) is 3.29. The number of nitrogens with zero attached hydrogens (tertiary/aromatic N) is 1. The highest BCUT2D eigenvalue weighted by molar-refractivity contribution is 8.14. The van der Waals surface area contributed by atoms with E-state index in [4.69, 9.17) is 12.5 Å². The number of thioether (sulfide) groups is 1. The van der Waals surface area contributed by atoms with Gasteiger partial charge in [0.2, 0.25) is 9.99 Å². The molecule has 0 bridgehead atoms. The van der Waals surface area contributed by atoms with Crippen LogP contribution in [0.1, 0.15) is 32.8 Å². The lowest BCUT2D eigenvalue weighted by atomic mass is 9.90. The normalized spacial score (nSPS) is 23.1. The third-order valence-electron chi connectivity index (χ3n) is 8.44. The van der Waals surface area contributed by atoms with E-state index in [1.54, 1.807) is 0 Å². The van der Waals surface area contributed by atoms with E-state index >= 15 is 0 Å². The third kappa shape index (κ3) is 5.87. The van der Waals surface area contributed by atoms with Gasteiger partial charge in [0.05, 0.1) is 23.3 Å². The van der Waals surface area contributed by atoms with E-state index in [-0.39, 0.29) is 42.7 Å². The van der Waals surface area contributed by atoms with Crippen LogP contribution in [0.2, 0.25) is 5.04 Å². The molecule has 7 nitrogen and oxygen atoms in total. The summed E-state index contributed by atoms with van der Waals surface area (Å²) < 4.78 is 24.0. The zero-order valence-corrected chi connectivity index (χ0v) is 27.8. The summed E-state index contributed by atoms with van der Waals surface area (Å²) in [6, 6.07) is 29.7. The minimum Gasteiger partial charge on any atom is -0.542 e.